The second kappa shape index (κ2) is 11.1. The minimum Gasteiger partial charge on any atom is -0.493 e. The van der Waals surface area contributed by atoms with Gasteiger partial charge in [-0.1, -0.05) is 25.3 Å². The average Bonchev–Trinajstić information content (AvgIpc) is 2.78. The molecule has 2 amide bonds. The number of primary amides is 1. The molecule has 0 aromatic heterocycles. The van der Waals surface area contributed by atoms with Gasteiger partial charge in [0, 0.05) is 23.5 Å². The fourth-order valence-electron chi connectivity index (χ4n) is 3.54. The van der Waals surface area contributed by atoms with E-state index in [0.29, 0.717) is 17.5 Å². The first-order valence-electron chi connectivity index (χ1n) is 10.5. The normalized spacial score (nSPS) is 14.2. The van der Waals surface area contributed by atoms with Gasteiger partial charge in [0.1, 0.15) is 0 Å². The monoisotopic (exact) mass is 423 g/mol. The van der Waals surface area contributed by atoms with Crippen molar-refractivity contribution < 1.29 is 19.1 Å². The Labute approximate surface area is 182 Å². The van der Waals surface area contributed by atoms with Crippen LogP contribution in [0.15, 0.2) is 48.5 Å². The van der Waals surface area contributed by atoms with Crippen LogP contribution in [0.1, 0.15) is 37.7 Å². The van der Waals surface area contributed by atoms with Crippen molar-refractivity contribution in [3.05, 3.63) is 54.1 Å². The maximum absolute atomic E-state index is 12.3. The lowest BCUT2D eigenvalue weighted by Gasteiger charge is -2.23. The molecule has 0 atom stereocenters. The predicted molar refractivity (Wildman–Crippen MR) is 122 cm³/mol. The molecule has 1 fully saturated rings. The highest BCUT2D eigenvalue weighted by atomic mass is 16.5. The third-order valence-electron chi connectivity index (χ3n) is 5.11. The van der Waals surface area contributed by atoms with Crippen LogP contribution in [0, 0.1) is 0 Å². The fourth-order valence-corrected chi connectivity index (χ4v) is 3.54. The zero-order chi connectivity index (χ0) is 22.1. The molecule has 7 heteroatoms. The van der Waals surface area contributed by atoms with Crippen molar-refractivity contribution in [3.8, 4) is 11.5 Å². The molecule has 1 aliphatic carbocycles. The Morgan fingerprint density at radius 3 is 2.42 bits per heavy atom. The highest BCUT2D eigenvalue weighted by Crippen LogP contribution is 2.28. The number of methoxy groups -OCH3 is 1. The van der Waals surface area contributed by atoms with E-state index in [0.717, 1.165) is 16.9 Å². The van der Waals surface area contributed by atoms with Gasteiger partial charge in [-0.15, -0.1) is 0 Å². The Balaban J connectivity index is 1.54. The molecule has 0 heterocycles. The molecule has 31 heavy (non-hydrogen) atoms. The summed E-state index contributed by atoms with van der Waals surface area (Å²) in [5, 5.41) is 6.42. The van der Waals surface area contributed by atoms with Crippen molar-refractivity contribution in [2.45, 2.75) is 38.1 Å². The number of amides is 2. The van der Waals surface area contributed by atoms with E-state index in [1.807, 2.05) is 24.3 Å². The van der Waals surface area contributed by atoms with Crippen LogP contribution in [0.5, 0.6) is 11.5 Å². The molecule has 1 aliphatic rings. The molecule has 164 valence electrons. The summed E-state index contributed by atoms with van der Waals surface area (Å²) in [6, 6.07) is 13.4. The largest absolute Gasteiger partial charge is 0.493 e. The summed E-state index contributed by atoms with van der Waals surface area (Å²) in [6.07, 6.45) is 9.46. The molecule has 0 radical (unpaired) electrons. The van der Waals surface area contributed by atoms with Crippen molar-refractivity contribution in [1.82, 2.24) is 0 Å². The number of carbonyl (C=O) groups is 2. The lowest BCUT2D eigenvalue weighted by Crippen LogP contribution is -2.22. The summed E-state index contributed by atoms with van der Waals surface area (Å²) in [5.74, 6) is 0.0520. The first-order chi connectivity index (χ1) is 15.0. The zero-order valence-electron chi connectivity index (χ0n) is 17.7. The second-order valence-electron chi connectivity index (χ2n) is 7.54. The molecule has 0 bridgehead atoms. The van der Waals surface area contributed by atoms with Crippen LogP contribution in [0.2, 0.25) is 0 Å². The van der Waals surface area contributed by atoms with E-state index in [-0.39, 0.29) is 12.5 Å². The average molecular weight is 424 g/mol. The number of hydrogen-bond donors (Lipinski definition) is 3. The number of nitrogens with one attached hydrogen (secondary N) is 2. The van der Waals surface area contributed by atoms with Crippen LogP contribution in [0.3, 0.4) is 0 Å². The van der Waals surface area contributed by atoms with Crippen molar-refractivity contribution in [3.63, 3.8) is 0 Å². The second-order valence-corrected chi connectivity index (χ2v) is 7.54. The van der Waals surface area contributed by atoms with Crippen LogP contribution in [0.25, 0.3) is 6.08 Å². The maximum atomic E-state index is 12.3. The molecule has 2 aromatic rings. The molecule has 0 aliphatic heterocycles. The van der Waals surface area contributed by atoms with Crippen molar-refractivity contribution in [2.24, 2.45) is 5.73 Å². The minimum absolute atomic E-state index is 0.233. The molecule has 0 saturated heterocycles. The van der Waals surface area contributed by atoms with Crippen molar-refractivity contribution in [2.75, 3.05) is 24.4 Å². The van der Waals surface area contributed by atoms with E-state index >= 15 is 0 Å². The lowest BCUT2D eigenvalue weighted by molar-refractivity contribution is -0.120. The lowest BCUT2D eigenvalue weighted by atomic mass is 9.95. The number of benzene rings is 2. The molecule has 1 saturated carbocycles. The van der Waals surface area contributed by atoms with Gasteiger partial charge >= 0.3 is 0 Å². The van der Waals surface area contributed by atoms with E-state index in [9.17, 15) is 9.59 Å². The Kier molecular flexibility index (Phi) is 7.92. The van der Waals surface area contributed by atoms with Crippen LogP contribution in [0.4, 0.5) is 11.4 Å². The summed E-state index contributed by atoms with van der Waals surface area (Å²) >= 11 is 0. The summed E-state index contributed by atoms with van der Waals surface area (Å²) in [6.45, 7) is -0.233. The summed E-state index contributed by atoms with van der Waals surface area (Å²) in [7, 11) is 1.50. The van der Waals surface area contributed by atoms with E-state index in [1.54, 1.807) is 24.3 Å². The Hall–Kier alpha value is -3.48. The van der Waals surface area contributed by atoms with Gasteiger partial charge < -0.3 is 25.8 Å². The number of anilines is 2. The summed E-state index contributed by atoms with van der Waals surface area (Å²) in [5.41, 5.74) is 7.66. The minimum atomic E-state index is -0.569. The summed E-state index contributed by atoms with van der Waals surface area (Å²) in [4.78, 5) is 23.1. The third-order valence-corrected chi connectivity index (χ3v) is 5.11. The molecular weight excluding hydrogens is 394 g/mol. The van der Waals surface area contributed by atoms with Crippen molar-refractivity contribution in [1.29, 1.82) is 0 Å². The third kappa shape index (κ3) is 7.06. The van der Waals surface area contributed by atoms with E-state index in [2.05, 4.69) is 10.6 Å². The molecule has 4 N–H and O–H groups in total. The van der Waals surface area contributed by atoms with Gasteiger partial charge in [-0.25, -0.2) is 0 Å². The van der Waals surface area contributed by atoms with Gasteiger partial charge in [0.25, 0.3) is 5.91 Å². The first-order valence-corrected chi connectivity index (χ1v) is 10.5. The van der Waals surface area contributed by atoms with E-state index in [1.165, 1.54) is 45.3 Å². The standard InChI is InChI=1S/C24H29N3O4/c1-30-22-15-17(7-13-21(22)31-16-23(25)28)8-14-24(29)27-20-11-9-19(10-12-20)26-18-5-3-2-4-6-18/h7-15,18,26H,2-6,16H2,1H3,(H2,25,28)(H,27,29)/b14-8+. The van der Waals surface area contributed by atoms with Gasteiger partial charge in [0.05, 0.1) is 7.11 Å². The van der Waals surface area contributed by atoms with Gasteiger partial charge in [-0.3, -0.25) is 9.59 Å². The number of carbonyl (C=O) groups excluding carboxylic acids is 2. The van der Waals surface area contributed by atoms with Crippen LogP contribution in [-0.4, -0.2) is 31.6 Å². The smallest absolute Gasteiger partial charge is 0.255 e. The van der Waals surface area contributed by atoms with E-state index < -0.39 is 5.91 Å². The molecule has 0 spiro atoms. The topological polar surface area (TPSA) is 103 Å². The Morgan fingerprint density at radius 2 is 1.74 bits per heavy atom. The predicted octanol–water partition coefficient (Wildman–Crippen LogP) is 3.96. The molecular formula is C24H29N3O4. The van der Waals surface area contributed by atoms with E-state index in [4.69, 9.17) is 15.2 Å². The zero-order valence-corrected chi connectivity index (χ0v) is 17.7. The number of ether oxygens (including phenoxy) is 2. The molecule has 2 aromatic carbocycles. The Morgan fingerprint density at radius 1 is 1.03 bits per heavy atom. The number of hydrogen-bond acceptors (Lipinski definition) is 5. The highest BCUT2D eigenvalue weighted by molar-refractivity contribution is 6.02. The number of nitrogens with two attached hydrogens (primary N) is 1. The fraction of sp³-hybridized carbons (Fsp3) is 0.333. The first kappa shape index (κ1) is 22.2. The van der Waals surface area contributed by atoms with Crippen LogP contribution in [-0.2, 0) is 9.59 Å². The molecule has 0 unspecified atom stereocenters. The van der Waals surface area contributed by atoms with Gasteiger partial charge in [0.15, 0.2) is 18.1 Å². The van der Waals surface area contributed by atoms with Gasteiger partial charge in [-0.2, -0.15) is 0 Å². The molecule has 7 nitrogen and oxygen atoms in total. The SMILES string of the molecule is COc1cc(/C=C/C(=O)Nc2ccc(NC3CCCCC3)cc2)ccc1OCC(N)=O. The number of rotatable bonds is 9. The quantitative estimate of drug-likeness (QED) is 0.530. The van der Waals surface area contributed by atoms with Gasteiger partial charge in [0.2, 0.25) is 5.91 Å². The van der Waals surface area contributed by atoms with Crippen LogP contribution < -0.4 is 25.8 Å². The van der Waals surface area contributed by atoms with Gasteiger partial charge in [-0.05, 0) is 60.9 Å². The van der Waals surface area contributed by atoms with Crippen LogP contribution >= 0.6 is 0 Å². The summed E-state index contributed by atoms with van der Waals surface area (Å²) < 4.78 is 10.6. The maximum Gasteiger partial charge on any atom is 0.255 e. The molecule has 3 rings (SSSR count). The Bertz CT molecular complexity index is 919. The highest BCUT2D eigenvalue weighted by Gasteiger charge is 2.12. The van der Waals surface area contributed by atoms with Crippen molar-refractivity contribution >= 4 is 29.3 Å².